The van der Waals surface area contributed by atoms with Crippen molar-refractivity contribution in [1.29, 1.82) is 0 Å². The molecule has 1 aromatic heterocycles. The largest absolute Gasteiger partial charge is 0.484 e. The molecule has 2 amide bonds. The van der Waals surface area contributed by atoms with Crippen LogP contribution in [0, 0.1) is 0 Å². The van der Waals surface area contributed by atoms with Crippen LogP contribution in [0.15, 0.2) is 82.5 Å². The summed E-state index contributed by atoms with van der Waals surface area (Å²) in [5.41, 5.74) is 3.36. The minimum absolute atomic E-state index is 0.150. The molecule has 0 saturated heterocycles. The molecule has 34 heavy (non-hydrogen) atoms. The number of para-hydroxylation sites is 1. The van der Waals surface area contributed by atoms with Gasteiger partial charge in [-0.25, -0.2) is 13.8 Å². The summed E-state index contributed by atoms with van der Waals surface area (Å²) in [6.45, 7) is -0.277. The number of ether oxygens (including phenoxy) is 1. The predicted molar refractivity (Wildman–Crippen MR) is 127 cm³/mol. The fourth-order valence-corrected chi connectivity index (χ4v) is 3.64. The van der Waals surface area contributed by atoms with Crippen molar-refractivity contribution < 1.29 is 27.2 Å². The van der Waals surface area contributed by atoms with Crippen molar-refractivity contribution in [2.45, 2.75) is 6.54 Å². The number of benzene rings is 2. The summed E-state index contributed by atoms with van der Waals surface area (Å²) in [5, 5.41) is 6.54. The Morgan fingerprint density at radius 1 is 1.03 bits per heavy atom. The maximum Gasteiger partial charge on any atom is 0.260 e. The lowest BCUT2D eigenvalue weighted by molar-refractivity contribution is -0.123. The Morgan fingerprint density at radius 3 is 2.41 bits per heavy atom. The zero-order valence-corrected chi connectivity index (χ0v) is 19.2. The molecule has 3 rings (SSSR count). The molecule has 0 saturated carbocycles. The summed E-state index contributed by atoms with van der Waals surface area (Å²) in [4.78, 5) is 24.0. The molecule has 0 unspecified atom stereocenters. The van der Waals surface area contributed by atoms with Crippen molar-refractivity contribution in [2.75, 3.05) is 23.7 Å². The van der Waals surface area contributed by atoms with E-state index in [2.05, 4.69) is 15.8 Å². The first kappa shape index (κ1) is 24.5. The van der Waals surface area contributed by atoms with E-state index in [0.29, 0.717) is 22.8 Å². The molecular weight excluding hydrogens is 460 g/mol. The van der Waals surface area contributed by atoms with Gasteiger partial charge in [0.15, 0.2) is 6.61 Å². The molecule has 0 radical (unpaired) electrons. The standard InChI is InChI=1S/C23H24N4O6S/c1-34(30,31)27(19-6-3-2-4-7-19)16-22(28)26-25-14-18-9-11-20(12-10-18)33-17-23(29)24-15-21-8-5-13-32-21/h2-14H,15-17H2,1H3,(H,24,29)(H,26,28)/b25-14-. The maximum absolute atomic E-state index is 12.2. The van der Waals surface area contributed by atoms with Crippen LogP contribution in [0.2, 0.25) is 0 Å². The Labute approximate surface area is 197 Å². The third kappa shape index (κ3) is 7.78. The summed E-state index contributed by atoms with van der Waals surface area (Å²) in [7, 11) is -3.65. The van der Waals surface area contributed by atoms with Gasteiger partial charge in [-0.1, -0.05) is 18.2 Å². The number of nitrogens with zero attached hydrogens (tertiary/aromatic N) is 2. The van der Waals surface area contributed by atoms with Gasteiger partial charge in [0.25, 0.3) is 11.8 Å². The molecule has 10 nitrogen and oxygen atoms in total. The Bertz CT molecular complexity index is 1210. The highest BCUT2D eigenvalue weighted by molar-refractivity contribution is 7.92. The Hall–Kier alpha value is -4.12. The highest BCUT2D eigenvalue weighted by atomic mass is 32.2. The van der Waals surface area contributed by atoms with Crippen LogP contribution in [0.1, 0.15) is 11.3 Å². The third-order valence-corrected chi connectivity index (χ3v) is 5.57. The van der Waals surface area contributed by atoms with Crippen LogP contribution in [-0.2, 0) is 26.2 Å². The van der Waals surface area contributed by atoms with Gasteiger partial charge in [-0.3, -0.25) is 13.9 Å². The lowest BCUT2D eigenvalue weighted by Gasteiger charge is -2.21. The van der Waals surface area contributed by atoms with Gasteiger partial charge in [-0.2, -0.15) is 5.10 Å². The number of nitrogens with one attached hydrogen (secondary N) is 2. The molecule has 0 atom stereocenters. The summed E-state index contributed by atoms with van der Waals surface area (Å²) in [6.07, 6.45) is 3.97. The van der Waals surface area contributed by atoms with Crippen LogP contribution >= 0.6 is 0 Å². The van der Waals surface area contributed by atoms with Crippen molar-refractivity contribution in [1.82, 2.24) is 10.7 Å². The second-order valence-corrected chi connectivity index (χ2v) is 9.02. The van der Waals surface area contributed by atoms with Crippen LogP contribution in [0.4, 0.5) is 5.69 Å². The van der Waals surface area contributed by atoms with Crippen molar-refractivity contribution in [3.05, 3.63) is 84.3 Å². The van der Waals surface area contributed by atoms with Gasteiger partial charge < -0.3 is 14.5 Å². The Balaban J connectivity index is 1.45. The Morgan fingerprint density at radius 2 is 1.76 bits per heavy atom. The van der Waals surface area contributed by atoms with E-state index in [1.807, 2.05) is 0 Å². The average Bonchev–Trinajstić information content (AvgIpc) is 3.34. The highest BCUT2D eigenvalue weighted by Gasteiger charge is 2.20. The van der Waals surface area contributed by atoms with Gasteiger partial charge in [-0.05, 0) is 54.1 Å². The van der Waals surface area contributed by atoms with E-state index in [-0.39, 0.29) is 19.1 Å². The number of amides is 2. The topological polar surface area (TPSA) is 130 Å². The van der Waals surface area contributed by atoms with E-state index in [9.17, 15) is 18.0 Å². The number of hydrogen-bond donors (Lipinski definition) is 2. The van der Waals surface area contributed by atoms with Gasteiger partial charge in [-0.15, -0.1) is 0 Å². The van der Waals surface area contributed by atoms with Crippen LogP contribution in [0.25, 0.3) is 0 Å². The number of anilines is 1. The summed E-state index contributed by atoms with van der Waals surface area (Å²) >= 11 is 0. The molecule has 2 N–H and O–H groups in total. The van der Waals surface area contributed by atoms with Gasteiger partial charge in [0.05, 0.1) is 31.0 Å². The average molecular weight is 485 g/mol. The monoisotopic (exact) mass is 484 g/mol. The van der Waals surface area contributed by atoms with Crippen molar-refractivity contribution in [3.63, 3.8) is 0 Å². The molecule has 11 heteroatoms. The maximum atomic E-state index is 12.2. The summed E-state index contributed by atoms with van der Waals surface area (Å²) in [5.74, 6) is 0.253. The summed E-state index contributed by atoms with van der Waals surface area (Å²) in [6, 6.07) is 18.5. The molecule has 0 aliphatic heterocycles. The zero-order valence-electron chi connectivity index (χ0n) is 18.4. The van der Waals surface area contributed by atoms with Crippen LogP contribution in [0.3, 0.4) is 0 Å². The molecule has 0 bridgehead atoms. The van der Waals surface area contributed by atoms with E-state index in [1.54, 1.807) is 66.7 Å². The molecule has 1 heterocycles. The van der Waals surface area contributed by atoms with E-state index in [1.165, 1.54) is 12.5 Å². The number of hydrogen-bond acceptors (Lipinski definition) is 7. The minimum atomic E-state index is -3.65. The quantitative estimate of drug-likeness (QED) is 0.316. The molecule has 0 aliphatic rings. The smallest absolute Gasteiger partial charge is 0.260 e. The molecule has 0 spiro atoms. The minimum Gasteiger partial charge on any atom is -0.484 e. The van der Waals surface area contributed by atoms with Gasteiger partial charge in [0.2, 0.25) is 10.0 Å². The van der Waals surface area contributed by atoms with Crippen molar-refractivity contribution in [3.8, 4) is 5.75 Å². The van der Waals surface area contributed by atoms with Crippen molar-refractivity contribution in [2.24, 2.45) is 5.10 Å². The number of hydrazone groups is 1. The first-order valence-corrected chi connectivity index (χ1v) is 12.0. The van der Waals surface area contributed by atoms with Gasteiger partial charge >= 0.3 is 0 Å². The van der Waals surface area contributed by atoms with Gasteiger partial charge in [0.1, 0.15) is 18.1 Å². The van der Waals surface area contributed by atoms with Crippen molar-refractivity contribution >= 4 is 33.7 Å². The van der Waals surface area contributed by atoms with E-state index < -0.39 is 22.5 Å². The summed E-state index contributed by atoms with van der Waals surface area (Å²) < 4.78 is 35.7. The van der Waals surface area contributed by atoms with Crippen LogP contribution in [0.5, 0.6) is 5.75 Å². The SMILES string of the molecule is CS(=O)(=O)N(CC(=O)N/N=C\c1ccc(OCC(=O)NCc2ccco2)cc1)c1ccccc1. The zero-order chi connectivity index (χ0) is 24.4. The first-order chi connectivity index (χ1) is 16.3. The number of sulfonamides is 1. The molecular formula is C23H24N4O6S. The number of rotatable bonds is 11. The van der Waals surface area contributed by atoms with E-state index in [4.69, 9.17) is 9.15 Å². The number of carbonyl (C=O) groups is 2. The van der Waals surface area contributed by atoms with E-state index >= 15 is 0 Å². The lowest BCUT2D eigenvalue weighted by Crippen LogP contribution is -2.38. The number of furan rings is 1. The second-order valence-electron chi connectivity index (χ2n) is 7.11. The highest BCUT2D eigenvalue weighted by Crippen LogP contribution is 2.16. The number of carbonyl (C=O) groups excluding carboxylic acids is 2. The molecule has 0 aliphatic carbocycles. The first-order valence-electron chi connectivity index (χ1n) is 10.2. The van der Waals surface area contributed by atoms with Crippen LogP contribution in [-0.4, -0.2) is 45.9 Å². The molecule has 3 aromatic rings. The fourth-order valence-electron chi connectivity index (χ4n) is 2.79. The third-order valence-electron chi connectivity index (χ3n) is 4.42. The second kappa shape index (κ2) is 11.7. The van der Waals surface area contributed by atoms with Crippen LogP contribution < -0.4 is 19.8 Å². The van der Waals surface area contributed by atoms with Gasteiger partial charge in [0, 0.05) is 0 Å². The molecule has 178 valence electrons. The molecule has 0 fully saturated rings. The van der Waals surface area contributed by atoms with E-state index in [0.717, 1.165) is 10.6 Å². The predicted octanol–water partition coefficient (Wildman–Crippen LogP) is 1.89. The lowest BCUT2D eigenvalue weighted by atomic mass is 10.2. The fraction of sp³-hybridized carbons (Fsp3) is 0.174. The normalized spacial score (nSPS) is 11.2. The molecule has 2 aromatic carbocycles. The Kier molecular flexibility index (Phi) is 8.41.